The van der Waals surface area contributed by atoms with Gasteiger partial charge in [-0.15, -0.1) is 0 Å². The largest absolute Gasteiger partial charge is 0.497 e. The molecule has 0 radical (unpaired) electrons. The summed E-state index contributed by atoms with van der Waals surface area (Å²) in [5, 5.41) is 0.583. The first-order valence-electron chi connectivity index (χ1n) is 6.97. The maximum absolute atomic E-state index is 12.2. The van der Waals surface area contributed by atoms with E-state index in [1.54, 1.807) is 36.4 Å². The Morgan fingerprint density at radius 3 is 2.61 bits per heavy atom. The van der Waals surface area contributed by atoms with Crippen LogP contribution in [-0.4, -0.2) is 13.1 Å². The van der Waals surface area contributed by atoms with Crippen molar-refractivity contribution < 1.29 is 18.7 Å². The Labute approximate surface area is 132 Å². The summed E-state index contributed by atoms with van der Waals surface area (Å²) in [5.74, 6) is 0.221. The quantitative estimate of drug-likeness (QED) is 0.422. The van der Waals surface area contributed by atoms with Gasteiger partial charge in [-0.25, -0.2) is 9.59 Å². The molecule has 0 amide bonds. The van der Waals surface area contributed by atoms with Crippen molar-refractivity contribution in [2.75, 3.05) is 7.11 Å². The topological polar surface area (TPSA) is 65.7 Å². The van der Waals surface area contributed by atoms with Crippen molar-refractivity contribution in [3.8, 4) is 11.5 Å². The average Bonchev–Trinajstić information content (AvgIpc) is 2.53. The molecule has 3 rings (SSSR count). The van der Waals surface area contributed by atoms with Gasteiger partial charge in [0.2, 0.25) is 0 Å². The number of hydrogen-bond donors (Lipinski definition) is 0. The number of carbonyl (C=O) groups is 1. The zero-order valence-electron chi connectivity index (χ0n) is 12.7. The smallest absolute Gasteiger partial charge is 0.351 e. The van der Waals surface area contributed by atoms with Gasteiger partial charge in [-0.05, 0) is 48.9 Å². The molecule has 5 nitrogen and oxygen atoms in total. The second-order valence-electron chi connectivity index (χ2n) is 5.06. The van der Waals surface area contributed by atoms with E-state index in [-0.39, 0.29) is 5.56 Å². The number of aryl methyl sites for hydroxylation is 1. The molecular weight excluding hydrogens is 296 g/mol. The summed E-state index contributed by atoms with van der Waals surface area (Å²) in [7, 11) is 1.53. The van der Waals surface area contributed by atoms with E-state index in [2.05, 4.69) is 0 Å². The van der Waals surface area contributed by atoms with Gasteiger partial charge < -0.3 is 13.9 Å². The lowest BCUT2D eigenvalue weighted by molar-refractivity contribution is 0.0730. The molecule has 2 aromatic carbocycles. The van der Waals surface area contributed by atoms with E-state index >= 15 is 0 Å². The molecule has 0 aliphatic heterocycles. The van der Waals surface area contributed by atoms with Crippen molar-refractivity contribution >= 4 is 16.9 Å². The molecule has 116 valence electrons. The second kappa shape index (κ2) is 5.96. The first kappa shape index (κ1) is 14.8. The van der Waals surface area contributed by atoms with Crippen molar-refractivity contribution in [2.24, 2.45) is 0 Å². The highest BCUT2D eigenvalue weighted by Gasteiger charge is 2.16. The fourth-order valence-electron chi connectivity index (χ4n) is 2.21. The number of methoxy groups -OCH3 is 1. The van der Waals surface area contributed by atoms with E-state index < -0.39 is 11.6 Å². The zero-order chi connectivity index (χ0) is 16.4. The van der Waals surface area contributed by atoms with Gasteiger partial charge in [0.25, 0.3) is 0 Å². The van der Waals surface area contributed by atoms with Crippen LogP contribution in [0.15, 0.2) is 57.7 Å². The van der Waals surface area contributed by atoms with Gasteiger partial charge >= 0.3 is 11.6 Å². The molecule has 0 spiro atoms. The minimum atomic E-state index is -0.755. The normalized spacial score (nSPS) is 10.5. The summed E-state index contributed by atoms with van der Waals surface area (Å²) in [6.45, 7) is 1.88. The van der Waals surface area contributed by atoms with Gasteiger partial charge in [-0.3, -0.25) is 0 Å². The molecule has 1 heterocycles. The zero-order valence-corrected chi connectivity index (χ0v) is 12.7. The molecule has 0 N–H and O–H groups in total. The van der Waals surface area contributed by atoms with Gasteiger partial charge in [-0.2, -0.15) is 0 Å². The molecule has 0 bridgehead atoms. The molecular formula is C18H14O5. The van der Waals surface area contributed by atoms with E-state index in [9.17, 15) is 9.59 Å². The molecule has 1 aromatic heterocycles. The van der Waals surface area contributed by atoms with Gasteiger partial charge in [0, 0.05) is 5.39 Å². The summed E-state index contributed by atoms with van der Waals surface area (Å²) in [6, 6.07) is 13.4. The van der Waals surface area contributed by atoms with Crippen LogP contribution in [0.5, 0.6) is 11.5 Å². The van der Waals surface area contributed by atoms with Crippen LogP contribution < -0.4 is 15.1 Å². The lowest BCUT2D eigenvalue weighted by Gasteiger charge is -2.06. The maximum Gasteiger partial charge on any atom is 0.351 e. The number of benzene rings is 2. The average molecular weight is 310 g/mol. The van der Waals surface area contributed by atoms with E-state index in [0.717, 1.165) is 5.56 Å². The number of fused-ring (bicyclic) bond motifs is 1. The number of esters is 1. The number of hydrogen-bond acceptors (Lipinski definition) is 5. The highest BCUT2D eigenvalue weighted by Crippen LogP contribution is 2.21. The van der Waals surface area contributed by atoms with Crippen LogP contribution in [0.3, 0.4) is 0 Å². The minimum Gasteiger partial charge on any atom is -0.497 e. The van der Waals surface area contributed by atoms with E-state index in [1.807, 2.05) is 13.0 Å². The molecule has 23 heavy (non-hydrogen) atoms. The van der Waals surface area contributed by atoms with Crippen LogP contribution in [0.1, 0.15) is 15.9 Å². The molecule has 5 heteroatoms. The lowest BCUT2D eigenvalue weighted by Crippen LogP contribution is -2.18. The number of carbonyl (C=O) groups excluding carboxylic acids is 1. The lowest BCUT2D eigenvalue weighted by atomic mass is 10.2. The molecule has 3 aromatic rings. The first-order chi connectivity index (χ1) is 11.1. The summed E-state index contributed by atoms with van der Waals surface area (Å²) in [5.41, 5.74) is 0.432. The summed E-state index contributed by atoms with van der Waals surface area (Å²) < 4.78 is 15.5. The number of ether oxygens (including phenoxy) is 2. The molecule has 0 saturated heterocycles. The summed E-state index contributed by atoms with van der Waals surface area (Å²) >= 11 is 0. The van der Waals surface area contributed by atoms with E-state index in [0.29, 0.717) is 22.5 Å². The van der Waals surface area contributed by atoms with E-state index in [1.165, 1.54) is 13.2 Å². The molecule has 0 fully saturated rings. The maximum atomic E-state index is 12.2. The first-order valence-corrected chi connectivity index (χ1v) is 6.97. The van der Waals surface area contributed by atoms with Crippen LogP contribution >= 0.6 is 0 Å². The standard InChI is InChI=1S/C18H14O5/c1-11-4-3-5-14(8-11)22-17(19)15-10-12-9-13(21-2)6-7-16(12)23-18(15)20/h3-10H,1-2H3. The van der Waals surface area contributed by atoms with Crippen molar-refractivity contribution in [1.29, 1.82) is 0 Å². The van der Waals surface area contributed by atoms with Crippen LogP contribution in [0.2, 0.25) is 0 Å². The molecule has 0 saturated carbocycles. The predicted octanol–water partition coefficient (Wildman–Crippen LogP) is 3.33. The van der Waals surface area contributed by atoms with Gasteiger partial charge in [0.05, 0.1) is 7.11 Å². The van der Waals surface area contributed by atoms with Crippen LogP contribution in [0, 0.1) is 6.92 Å². The van der Waals surface area contributed by atoms with Gasteiger partial charge in [-0.1, -0.05) is 12.1 Å². The number of rotatable bonds is 3. The Hall–Kier alpha value is -3.08. The third-order valence-corrected chi connectivity index (χ3v) is 3.36. The van der Waals surface area contributed by atoms with Crippen molar-refractivity contribution in [3.05, 3.63) is 70.1 Å². The van der Waals surface area contributed by atoms with E-state index in [4.69, 9.17) is 13.9 Å². The highest BCUT2D eigenvalue weighted by atomic mass is 16.5. The third kappa shape index (κ3) is 3.08. The Bertz CT molecular complexity index is 940. The Kier molecular flexibility index (Phi) is 3.85. The summed E-state index contributed by atoms with van der Waals surface area (Å²) in [6.07, 6.45) is 0. The summed E-state index contributed by atoms with van der Waals surface area (Å²) in [4.78, 5) is 24.2. The van der Waals surface area contributed by atoms with Gasteiger partial charge in [0.1, 0.15) is 22.6 Å². The van der Waals surface area contributed by atoms with Crippen LogP contribution in [0.25, 0.3) is 11.0 Å². The fourth-order valence-corrected chi connectivity index (χ4v) is 2.21. The SMILES string of the molecule is COc1ccc2oc(=O)c(C(=O)Oc3cccc(C)c3)cc2c1. The molecule has 0 atom stereocenters. The fraction of sp³-hybridized carbons (Fsp3) is 0.111. The van der Waals surface area contributed by atoms with Crippen LogP contribution in [0.4, 0.5) is 0 Å². The van der Waals surface area contributed by atoms with Crippen molar-refractivity contribution in [2.45, 2.75) is 6.92 Å². The monoisotopic (exact) mass is 310 g/mol. The highest BCUT2D eigenvalue weighted by molar-refractivity contribution is 5.94. The minimum absolute atomic E-state index is 0.160. The Morgan fingerprint density at radius 2 is 1.87 bits per heavy atom. The Balaban J connectivity index is 1.99. The third-order valence-electron chi connectivity index (χ3n) is 3.36. The van der Waals surface area contributed by atoms with Crippen LogP contribution in [-0.2, 0) is 0 Å². The molecule has 0 aliphatic rings. The second-order valence-corrected chi connectivity index (χ2v) is 5.06. The van der Waals surface area contributed by atoms with Crippen molar-refractivity contribution in [3.63, 3.8) is 0 Å². The molecule has 0 unspecified atom stereocenters. The molecule has 0 aliphatic carbocycles. The predicted molar refractivity (Wildman–Crippen MR) is 85.2 cm³/mol. The van der Waals surface area contributed by atoms with Gasteiger partial charge in [0.15, 0.2) is 0 Å². The van der Waals surface area contributed by atoms with Crippen molar-refractivity contribution in [1.82, 2.24) is 0 Å². The Morgan fingerprint density at radius 1 is 1.04 bits per heavy atom.